The Morgan fingerprint density at radius 2 is 2.18 bits per heavy atom. The van der Waals surface area contributed by atoms with E-state index < -0.39 is 0 Å². The van der Waals surface area contributed by atoms with E-state index in [2.05, 4.69) is 4.98 Å². The maximum absolute atomic E-state index is 5.93. The van der Waals surface area contributed by atoms with Gasteiger partial charge in [0.05, 0.1) is 5.69 Å². The molecule has 0 atom stereocenters. The van der Waals surface area contributed by atoms with E-state index in [4.69, 9.17) is 21.8 Å². The summed E-state index contributed by atoms with van der Waals surface area (Å²) >= 11 is 5.93. The van der Waals surface area contributed by atoms with Gasteiger partial charge in [0.2, 0.25) is 5.89 Å². The quantitative estimate of drug-likeness (QED) is 0.910. The van der Waals surface area contributed by atoms with E-state index in [1.807, 2.05) is 38.1 Å². The van der Waals surface area contributed by atoms with Crippen LogP contribution in [0.25, 0.3) is 11.5 Å². The third kappa shape index (κ3) is 2.51. The van der Waals surface area contributed by atoms with Crippen LogP contribution in [0.1, 0.15) is 19.5 Å². The molecule has 2 rings (SSSR count). The third-order valence-corrected chi connectivity index (χ3v) is 3.01. The zero-order valence-corrected chi connectivity index (χ0v) is 10.7. The van der Waals surface area contributed by atoms with Crippen LogP contribution < -0.4 is 5.73 Å². The lowest BCUT2D eigenvalue weighted by Gasteiger charge is -2.18. The minimum Gasteiger partial charge on any atom is -0.444 e. The number of rotatable bonds is 3. The number of hydrogen-bond donors (Lipinski definition) is 1. The molecule has 2 aromatic rings. The number of aromatic nitrogens is 1. The minimum atomic E-state index is -0.180. The van der Waals surface area contributed by atoms with E-state index in [0.29, 0.717) is 17.5 Å². The van der Waals surface area contributed by atoms with Gasteiger partial charge in [-0.2, -0.15) is 0 Å². The topological polar surface area (TPSA) is 52.0 Å². The normalized spacial score (nSPS) is 11.8. The molecule has 0 aliphatic heterocycles. The van der Waals surface area contributed by atoms with Gasteiger partial charge in [0, 0.05) is 22.5 Å². The highest BCUT2D eigenvalue weighted by Gasteiger charge is 2.23. The van der Waals surface area contributed by atoms with Crippen molar-refractivity contribution >= 4 is 11.6 Å². The smallest absolute Gasteiger partial charge is 0.226 e. The Balaban J connectivity index is 2.36. The molecule has 1 aromatic carbocycles. The maximum Gasteiger partial charge on any atom is 0.226 e. The molecule has 0 saturated carbocycles. The van der Waals surface area contributed by atoms with Crippen molar-refractivity contribution < 1.29 is 4.42 Å². The standard InChI is InChI=1S/C13H15ClN2O/c1-13(2,8-15)11-7-17-12(16-11)9-4-3-5-10(14)6-9/h3-7H,8,15H2,1-2H3. The molecular weight excluding hydrogens is 236 g/mol. The molecule has 0 aliphatic carbocycles. The SMILES string of the molecule is CC(C)(CN)c1coc(-c2cccc(Cl)c2)n1. The Hall–Kier alpha value is -1.32. The van der Waals surface area contributed by atoms with Gasteiger partial charge in [-0.25, -0.2) is 4.98 Å². The first kappa shape index (κ1) is 12.1. The highest BCUT2D eigenvalue weighted by atomic mass is 35.5. The van der Waals surface area contributed by atoms with Crippen molar-refractivity contribution in [1.82, 2.24) is 4.98 Å². The number of oxazole rings is 1. The summed E-state index contributed by atoms with van der Waals surface area (Å²) in [6.07, 6.45) is 1.66. The summed E-state index contributed by atoms with van der Waals surface area (Å²) in [5, 5.41) is 0.667. The first-order chi connectivity index (χ1) is 8.03. The number of halogens is 1. The molecule has 0 saturated heterocycles. The van der Waals surface area contributed by atoms with Gasteiger partial charge in [0.1, 0.15) is 6.26 Å². The van der Waals surface area contributed by atoms with E-state index in [1.165, 1.54) is 0 Å². The molecule has 90 valence electrons. The zero-order chi connectivity index (χ0) is 12.5. The van der Waals surface area contributed by atoms with E-state index in [0.717, 1.165) is 11.3 Å². The number of benzene rings is 1. The second-order valence-electron chi connectivity index (χ2n) is 4.64. The van der Waals surface area contributed by atoms with Gasteiger partial charge in [0.25, 0.3) is 0 Å². The van der Waals surface area contributed by atoms with Crippen LogP contribution in [-0.4, -0.2) is 11.5 Å². The second kappa shape index (κ2) is 4.51. The first-order valence-electron chi connectivity index (χ1n) is 5.45. The summed E-state index contributed by atoms with van der Waals surface area (Å²) in [7, 11) is 0. The van der Waals surface area contributed by atoms with Gasteiger partial charge < -0.3 is 10.2 Å². The fraction of sp³-hybridized carbons (Fsp3) is 0.308. The molecule has 4 heteroatoms. The Morgan fingerprint density at radius 1 is 1.41 bits per heavy atom. The summed E-state index contributed by atoms with van der Waals surface area (Å²) in [6, 6.07) is 7.43. The fourth-order valence-corrected chi connectivity index (χ4v) is 1.63. The van der Waals surface area contributed by atoms with Crippen LogP contribution in [-0.2, 0) is 5.41 Å². The minimum absolute atomic E-state index is 0.180. The van der Waals surface area contributed by atoms with E-state index in [9.17, 15) is 0 Å². The maximum atomic E-state index is 5.93. The van der Waals surface area contributed by atoms with Gasteiger partial charge in [-0.05, 0) is 18.2 Å². The predicted octanol–water partition coefficient (Wildman–Crippen LogP) is 3.23. The van der Waals surface area contributed by atoms with Gasteiger partial charge in [0.15, 0.2) is 0 Å². The molecule has 0 spiro atoms. The lowest BCUT2D eigenvalue weighted by molar-refractivity contribution is 0.512. The van der Waals surface area contributed by atoms with Crippen molar-refractivity contribution in [2.45, 2.75) is 19.3 Å². The van der Waals surface area contributed by atoms with Gasteiger partial charge in [-0.3, -0.25) is 0 Å². The van der Waals surface area contributed by atoms with Crippen molar-refractivity contribution in [3.8, 4) is 11.5 Å². The Labute approximate surface area is 106 Å². The second-order valence-corrected chi connectivity index (χ2v) is 5.07. The number of hydrogen-bond acceptors (Lipinski definition) is 3. The Morgan fingerprint density at radius 3 is 2.82 bits per heavy atom. The predicted molar refractivity (Wildman–Crippen MR) is 69.0 cm³/mol. The van der Waals surface area contributed by atoms with Crippen molar-refractivity contribution in [1.29, 1.82) is 0 Å². The molecule has 17 heavy (non-hydrogen) atoms. The van der Waals surface area contributed by atoms with Crippen molar-refractivity contribution in [2.75, 3.05) is 6.54 Å². The van der Waals surface area contributed by atoms with Crippen LogP contribution in [0, 0.1) is 0 Å². The molecule has 0 amide bonds. The van der Waals surface area contributed by atoms with Crippen LogP contribution in [0.3, 0.4) is 0 Å². The summed E-state index contributed by atoms with van der Waals surface area (Å²) in [4.78, 5) is 4.46. The van der Waals surface area contributed by atoms with Gasteiger partial charge in [-0.15, -0.1) is 0 Å². The van der Waals surface area contributed by atoms with E-state index >= 15 is 0 Å². The molecule has 0 unspecified atom stereocenters. The highest BCUT2D eigenvalue weighted by Crippen LogP contribution is 2.26. The van der Waals surface area contributed by atoms with Crippen molar-refractivity contribution in [3.63, 3.8) is 0 Å². The van der Waals surface area contributed by atoms with Crippen LogP contribution in [0.15, 0.2) is 34.9 Å². The summed E-state index contributed by atoms with van der Waals surface area (Å²) in [5.41, 5.74) is 7.26. The van der Waals surface area contributed by atoms with Crippen molar-refractivity contribution in [2.24, 2.45) is 5.73 Å². The largest absolute Gasteiger partial charge is 0.444 e. The molecule has 2 N–H and O–H groups in total. The van der Waals surface area contributed by atoms with Crippen LogP contribution in [0.2, 0.25) is 5.02 Å². The molecule has 0 radical (unpaired) electrons. The van der Waals surface area contributed by atoms with E-state index in [1.54, 1.807) is 6.26 Å². The first-order valence-corrected chi connectivity index (χ1v) is 5.83. The Kier molecular flexibility index (Phi) is 3.22. The zero-order valence-electron chi connectivity index (χ0n) is 9.90. The fourth-order valence-electron chi connectivity index (χ4n) is 1.44. The van der Waals surface area contributed by atoms with Crippen molar-refractivity contribution in [3.05, 3.63) is 41.2 Å². The molecule has 3 nitrogen and oxygen atoms in total. The Bertz CT molecular complexity index is 520. The average Bonchev–Trinajstić information content (AvgIpc) is 2.79. The van der Waals surface area contributed by atoms with Crippen LogP contribution >= 0.6 is 11.6 Å². The molecule has 1 heterocycles. The number of nitrogens with zero attached hydrogens (tertiary/aromatic N) is 1. The van der Waals surface area contributed by atoms with Crippen LogP contribution in [0.5, 0.6) is 0 Å². The number of nitrogens with two attached hydrogens (primary N) is 1. The summed E-state index contributed by atoms with van der Waals surface area (Å²) in [5.74, 6) is 0.573. The van der Waals surface area contributed by atoms with Crippen LogP contribution in [0.4, 0.5) is 0 Å². The monoisotopic (exact) mass is 250 g/mol. The van der Waals surface area contributed by atoms with Gasteiger partial charge in [-0.1, -0.05) is 31.5 Å². The molecule has 0 bridgehead atoms. The van der Waals surface area contributed by atoms with Gasteiger partial charge >= 0.3 is 0 Å². The molecule has 0 fully saturated rings. The van der Waals surface area contributed by atoms with E-state index in [-0.39, 0.29) is 5.41 Å². The lowest BCUT2D eigenvalue weighted by atomic mass is 9.90. The summed E-state index contributed by atoms with van der Waals surface area (Å²) < 4.78 is 5.47. The third-order valence-electron chi connectivity index (χ3n) is 2.78. The lowest BCUT2D eigenvalue weighted by Crippen LogP contribution is -2.28. The average molecular weight is 251 g/mol. The summed E-state index contributed by atoms with van der Waals surface area (Å²) in [6.45, 7) is 4.59. The molecular formula is C13H15ClN2O. The molecule has 0 aliphatic rings. The molecule has 1 aromatic heterocycles. The highest BCUT2D eigenvalue weighted by molar-refractivity contribution is 6.30.